The van der Waals surface area contributed by atoms with E-state index in [-0.39, 0.29) is 12.5 Å². The first-order valence-electron chi connectivity index (χ1n) is 10.6. The van der Waals surface area contributed by atoms with Gasteiger partial charge in [0.15, 0.2) is 18.1 Å². The zero-order valence-corrected chi connectivity index (χ0v) is 19.7. The van der Waals surface area contributed by atoms with Gasteiger partial charge in [-0.2, -0.15) is 0 Å². The normalized spacial score (nSPS) is 10.5. The molecule has 0 unspecified atom stereocenters. The van der Waals surface area contributed by atoms with Gasteiger partial charge >= 0.3 is 0 Å². The first-order valence-corrected chi connectivity index (χ1v) is 11.0. The molecule has 6 heteroatoms. The molecule has 0 aliphatic carbocycles. The van der Waals surface area contributed by atoms with Gasteiger partial charge in [0, 0.05) is 22.9 Å². The van der Waals surface area contributed by atoms with Crippen molar-refractivity contribution in [3.05, 3.63) is 81.9 Å². The van der Waals surface area contributed by atoms with Crippen LogP contribution in [0.15, 0.2) is 54.6 Å². The molecule has 32 heavy (non-hydrogen) atoms. The number of amides is 1. The fourth-order valence-electron chi connectivity index (χ4n) is 3.23. The molecule has 0 saturated heterocycles. The number of nitrogens with one attached hydrogen (secondary N) is 2. The van der Waals surface area contributed by atoms with Gasteiger partial charge in [-0.1, -0.05) is 35.9 Å². The van der Waals surface area contributed by atoms with Crippen molar-refractivity contribution in [1.29, 1.82) is 0 Å². The van der Waals surface area contributed by atoms with Crippen LogP contribution in [-0.4, -0.2) is 19.1 Å². The predicted octanol–water partition coefficient (Wildman–Crippen LogP) is 6.29. The Bertz CT molecular complexity index is 1100. The summed E-state index contributed by atoms with van der Waals surface area (Å²) in [6.07, 6.45) is 0. The van der Waals surface area contributed by atoms with Crippen molar-refractivity contribution >= 4 is 28.9 Å². The number of benzene rings is 3. The van der Waals surface area contributed by atoms with Gasteiger partial charge in [-0.25, -0.2) is 0 Å². The average molecular weight is 453 g/mol. The number of aryl methyl sites for hydroxylation is 3. The number of carbonyl (C=O) groups is 1. The lowest BCUT2D eigenvalue weighted by Crippen LogP contribution is -2.21. The van der Waals surface area contributed by atoms with Crippen molar-refractivity contribution in [2.75, 3.05) is 23.8 Å². The van der Waals surface area contributed by atoms with Crippen molar-refractivity contribution in [1.82, 2.24) is 0 Å². The molecule has 5 nitrogen and oxygen atoms in total. The Morgan fingerprint density at radius 3 is 2.41 bits per heavy atom. The Kier molecular flexibility index (Phi) is 8.01. The third-order valence-corrected chi connectivity index (χ3v) is 5.25. The van der Waals surface area contributed by atoms with E-state index in [4.69, 9.17) is 21.1 Å². The van der Waals surface area contributed by atoms with Crippen molar-refractivity contribution in [3.8, 4) is 11.5 Å². The van der Waals surface area contributed by atoms with Crippen LogP contribution in [0.3, 0.4) is 0 Å². The van der Waals surface area contributed by atoms with E-state index in [0.717, 1.165) is 33.6 Å². The summed E-state index contributed by atoms with van der Waals surface area (Å²) in [4.78, 5) is 12.4. The second-order valence-electron chi connectivity index (χ2n) is 7.68. The number of halogens is 1. The lowest BCUT2D eigenvalue weighted by atomic mass is 10.1. The minimum absolute atomic E-state index is 0.104. The van der Waals surface area contributed by atoms with Gasteiger partial charge in [-0.15, -0.1) is 0 Å². The summed E-state index contributed by atoms with van der Waals surface area (Å²) < 4.78 is 11.5. The van der Waals surface area contributed by atoms with Crippen LogP contribution in [0, 0.1) is 20.8 Å². The topological polar surface area (TPSA) is 59.6 Å². The van der Waals surface area contributed by atoms with Crippen LogP contribution >= 0.6 is 11.6 Å². The number of hydrogen-bond donors (Lipinski definition) is 2. The van der Waals surface area contributed by atoms with Gasteiger partial charge in [-0.3, -0.25) is 4.79 Å². The maximum atomic E-state index is 12.4. The molecular weight excluding hydrogens is 424 g/mol. The average Bonchev–Trinajstić information content (AvgIpc) is 2.76. The number of rotatable bonds is 9. The second-order valence-corrected chi connectivity index (χ2v) is 8.12. The number of ether oxygens (including phenoxy) is 2. The van der Waals surface area contributed by atoms with Crippen molar-refractivity contribution < 1.29 is 14.3 Å². The Balaban J connectivity index is 1.64. The summed E-state index contributed by atoms with van der Waals surface area (Å²) in [6.45, 7) is 8.89. The van der Waals surface area contributed by atoms with Gasteiger partial charge in [-0.05, 0) is 80.3 Å². The molecule has 0 aliphatic rings. The van der Waals surface area contributed by atoms with E-state index in [1.165, 1.54) is 0 Å². The maximum absolute atomic E-state index is 12.4. The molecule has 0 bridgehead atoms. The smallest absolute Gasteiger partial charge is 0.262 e. The largest absolute Gasteiger partial charge is 0.490 e. The lowest BCUT2D eigenvalue weighted by molar-refractivity contribution is -0.118. The Morgan fingerprint density at radius 2 is 1.62 bits per heavy atom. The highest BCUT2D eigenvalue weighted by atomic mass is 35.5. The molecule has 0 heterocycles. The standard InChI is InChI=1S/C26H29ClN2O3/c1-5-31-25-13-20(15-28-22-14-21(27)10-8-18(22)3)9-11-24(25)32-16-26(30)29-23-12-17(2)6-7-19(23)4/h6-14,28H,5,15-16H2,1-4H3,(H,29,30). The second kappa shape index (κ2) is 10.9. The Hall–Kier alpha value is -3.18. The quantitative estimate of drug-likeness (QED) is 0.400. The van der Waals surface area contributed by atoms with Gasteiger partial charge in [0.05, 0.1) is 6.61 Å². The fraction of sp³-hybridized carbons (Fsp3) is 0.269. The Morgan fingerprint density at radius 1 is 0.875 bits per heavy atom. The molecule has 3 aromatic rings. The van der Waals surface area contributed by atoms with Crippen LogP contribution in [0.1, 0.15) is 29.2 Å². The van der Waals surface area contributed by atoms with E-state index in [2.05, 4.69) is 10.6 Å². The van der Waals surface area contributed by atoms with Gasteiger partial charge < -0.3 is 20.1 Å². The molecule has 168 valence electrons. The molecule has 2 N–H and O–H groups in total. The molecule has 0 spiro atoms. The van der Waals surface area contributed by atoms with Crippen LogP contribution in [0.25, 0.3) is 0 Å². The van der Waals surface area contributed by atoms with Crippen LogP contribution in [0.2, 0.25) is 5.02 Å². The monoisotopic (exact) mass is 452 g/mol. The third-order valence-electron chi connectivity index (χ3n) is 5.02. The number of anilines is 2. The molecule has 0 aromatic heterocycles. The van der Waals surface area contributed by atoms with Crippen molar-refractivity contribution in [3.63, 3.8) is 0 Å². The summed E-state index contributed by atoms with van der Waals surface area (Å²) in [7, 11) is 0. The molecular formula is C26H29ClN2O3. The molecule has 0 atom stereocenters. The van der Waals surface area contributed by atoms with Crippen LogP contribution in [0.5, 0.6) is 11.5 Å². The summed E-state index contributed by atoms with van der Waals surface area (Å²) in [5.41, 5.74) is 6.02. The molecule has 0 aliphatic heterocycles. The lowest BCUT2D eigenvalue weighted by Gasteiger charge is -2.15. The summed E-state index contributed by atoms with van der Waals surface area (Å²) in [5, 5.41) is 7.00. The fourth-order valence-corrected chi connectivity index (χ4v) is 3.40. The summed E-state index contributed by atoms with van der Waals surface area (Å²) in [5.74, 6) is 0.920. The maximum Gasteiger partial charge on any atom is 0.262 e. The number of hydrogen-bond acceptors (Lipinski definition) is 4. The van der Waals surface area contributed by atoms with Gasteiger partial charge in [0.2, 0.25) is 0 Å². The molecule has 0 radical (unpaired) electrons. The van der Waals surface area contributed by atoms with E-state index < -0.39 is 0 Å². The van der Waals surface area contributed by atoms with E-state index in [0.29, 0.717) is 29.7 Å². The minimum Gasteiger partial charge on any atom is -0.490 e. The van der Waals surface area contributed by atoms with Crippen molar-refractivity contribution in [2.45, 2.75) is 34.2 Å². The minimum atomic E-state index is -0.219. The zero-order valence-electron chi connectivity index (χ0n) is 18.9. The van der Waals surface area contributed by atoms with Gasteiger partial charge in [0.25, 0.3) is 5.91 Å². The van der Waals surface area contributed by atoms with E-state index in [1.54, 1.807) is 0 Å². The van der Waals surface area contributed by atoms with Gasteiger partial charge in [0.1, 0.15) is 0 Å². The zero-order chi connectivity index (χ0) is 23.1. The SMILES string of the molecule is CCOc1cc(CNc2cc(Cl)ccc2C)ccc1OCC(=O)Nc1cc(C)ccc1C. The third kappa shape index (κ3) is 6.41. The summed E-state index contributed by atoms with van der Waals surface area (Å²) >= 11 is 6.10. The summed E-state index contributed by atoms with van der Waals surface area (Å²) in [6, 6.07) is 17.4. The molecule has 0 saturated carbocycles. The molecule has 1 amide bonds. The Labute approximate surface area is 194 Å². The van der Waals surface area contributed by atoms with Crippen molar-refractivity contribution in [2.24, 2.45) is 0 Å². The number of carbonyl (C=O) groups excluding carboxylic acids is 1. The molecule has 3 aromatic carbocycles. The van der Waals surface area contributed by atoms with E-state index >= 15 is 0 Å². The molecule has 0 fully saturated rings. The van der Waals surface area contributed by atoms with E-state index in [1.807, 2.05) is 82.3 Å². The first kappa shape index (κ1) is 23.5. The highest BCUT2D eigenvalue weighted by Crippen LogP contribution is 2.29. The predicted molar refractivity (Wildman–Crippen MR) is 131 cm³/mol. The van der Waals surface area contributed by atoms with Crippen LogP contribution in [0.4, 0.5) is 11.4 Å². The highest BCUT2D eigenvalue weighted by Gasteiger charge is 2.11. The van der Waals surface area contributed by atoms with Crippen LogP contribution < -0.4 is 20.1 Å². The first-order chi connectivity index (χ1) is 15.4. The molecule has 3 rings (SSSR count). The highest BCUT2D eigenvalue weighted by molar-refractivity contribution is 6.30. The van der Waals surface area contributed by atoms with E-state index in [9.17, 15) is 4.79 Å². The van der Waals surface area contributed by atoms with Crippen LogP contribution in [-0.2, 0) is 11.3 Å².